The lowest BCUT2D eigenvalue weighted by molar-refractivity contribution is -0.384. The summed E-state index contributed by atoms with van der Waals surface area (Å²) >= 11 is 1.28. The minimum Gasteiger partial charge on any atom is -0.506 e. The highest BCUT2D eigenvalue weighted by Gasteiger charge is 2.17. The van der Waals surface area contributed by atoms with Gasteiger partial charge < -0.3 is 5.11 Å². The van der Waals surface area contributed by atoms with Gasteiger partial charge in [0.15, 0.2) is 0 Å². The van der Waals surface area contributed by atoms with Gasteiger partial charge in [0, 0.05) is 17.7 Å². The predicted molar refractivity (Wildman–Crippen MR) is 87.8 cm³/mol. The molecular weight excluding hydrogens is 314 g/mol. The SMILES string of the molecule is N#CC(=C(O)c1cccc([N+](=O)[O-])c1)c1nc2ccccc2s1. The van der Waals surface area contributed by atoms with Crippen LogP contribution in [0.25, 0.3) is 21.5 Å². The Morgan fingerprint density at radius 2 is 2.04 bits per heavy atom. The van der Waals surface area contributed by atoms with Crippen LogP contribution in [0.3, 0.4) is 0 Å². The van der Waals surface area contributed by atoms with Crippen molar-refractivity contribution in [2.75, 3.05) is 0 Å². The fraction of sp³-hybridized carbons (Fsp3) is 0. The van der Waals surface area contributed by atoms with E-state index in [4.69, 9.17) is 0 Å². The number of rotatable bonds is 3. The molecule has 0 saturated carbocycles. The number of nitro groups is 1. The van der Waals surface area contributed by atoms with Gasteiger partial charge in [-0.15, -0.1) is 11.3 Å². The van der Waals surface area contributed by atoms with Crippen molar-refractivity contribution < 1.29 is 10.0 Å². The van der Waals surface area contributed by atoms with Crippen LogP contribution in [0.5, 0.6) is 0 Å². The molecule has 1 N–H and O–H groups in total. The van der Waals surface area contributed by atoms with Gasteiger partial charge in [-0.3, -0.25) is 10.1 Å². The number of nitriles is 1. The third-order valence-electron chi connectivity index (χ3n) is 3.19. The third kappa shape index (κ3) is 2.75. The highest BCUT2D eigenvalue weighted by molar-refractivity contribution is 7.19. The van der Waals surface area contributed by atoms with Crippen molar-refractivity contribution >= 4 is 38.6 Å². The smallest absolute Gasteiger partial charge is 0.270 e. The van der Waals surface area contributed by atoms with Crippen molar-refractivity contribution in [1.82, 2.24) is 4.98 Å². The number of allylic oxidation sites excluding steroid dienone is 1. The molecule has 0 bridgehead atoms. The number of non-ortho nitro benzene ring substituents is 1. The fourth-order valence-electron chi connectivity index (χ4n) is 2.09. The van der Waals surface area contributed by atoms with E-state index in [0.717, 1.165) is 10.2 Å². The normalized spacial score (nSPS) is 11.8. The average molecular weight is 323 g/mol. The Bertz CT molecular complexity index is 952. The summed E-state index contributed by atoms with van der Waals surface area (Å²) in [6, 6.07) is 14.8. The van der Waals surface area contributed by atoms with E-state index in [-0.39, 0.29) is 22.6 Å². The van der Waals surface area contributed by atoms with Crippen LogP contribution in [-0.2, 0) is 0 Å². The molecule has 0 aliphatic carbocycles. The summed E-state index contributed by atoms with van der Waals surface area (Å²) in [5.74, 6) is -0.324. The van der Waals surface area contributed by atoms with Crippen molar-refractivity contribution in [1.29, 1.82) is 5.26 Å². The zero-order valence-corrected chi connectivity index (χ0v) is 12.4. The molecule has 23 heavy (non-hydrogen) atoms. The molecule has 0 spiro atoms. The summed E-state index contributed by atoms with van der Waals surface area (Å²) in [5, 5.41) is 31.0. The first-order valence-electron chi connectivity index (χ1n) is 6.54. The van der Waals surface area contributed by atoms with E-state index in [1.54, 1.807) is 0 Å². The van der Waals surface area contributed by atoms with Crippen LogP contribution in [0.15, 0.2) is 48.5 Å². The Morgan fingerprint density at radius 1 is 1.26 bits per heavy atom. The van der Waals surface area contributed by atoms with Crippen molar-refractivity contribution in [3.05, 3.63) is 69.2 Å². The van der Waals surface area contributed by atoms with E-state index in [1.165, 1.54) is 35.6 Å². The molecule has 1 heterocycles. The second-order valence-electron chi connectivity index (χ2n) is 4.63. The van der Waals surface area contributed by atoms with Gasteiger partial charge >= 0.3 is 0 Å². The highest BCUT2D eigenvalue weighted by atomic mass is 32.1. The number of aliphatic hydroxyl groups is 1. The molecule has 3 aromatic rings. The molecule has 0 unspecified atom stereocenters. The molecule has 2 aromatic carbocycles. The number of para-hydroxylation sites is 1. The molecule has 0 aliphatic rings. The number of nitrogens with zero attached hydrogens (tertiary/aromatic N) is 3. The summed E-state index contributed by atoms with van der Waals surface area (Å²) in [5.41, 5.74) is 0.768. The van der Waals surface area contributed by atoms with Crippen LogP contribution in [0, 0.1) is 21.4 Å². The second kappa shape index (κ2) is 5.87. The van der Waals surface area contributed by atoms with E-state index < -0.39 is 4.92 Å². The molecule has 0 atom stereocenters. The van der Waals surface area contributed by atoms with E-state index in [9.17, 15) is 20.5 Å². The van der Waals surface area contributed by atoms with Gasteiger partial charge in [-0.1, -0.05) is 24.3 Å². The monoisotopic (exact) mass is 323 g/mol. The molecule has 0 amide bonds. The van der Waals surface area contributed by atoms with Gasteiger partial charge in [-0.05, 0) is 12.1 Å². The lowest BCUT2D eigenvalue weighted by Gasteiger charge is -2.02. The molecule has 1 aromatic heterocycles. The molecule has 0 radical (unpaired) electrons. The van der Waals surface area contributed by atoms with E-state index >= 15 is 0 Å². The Kier molecular flexibility index (Phi) is 3.75. The first-order valence-corrected chi connectivity index (χ1v) is 7.36. The van der Waals surface area contributed by atoms with Crippen molar-refractivity contribution in [2.24, 2.45) is 0 Å². The number of nitro benzene ring substituents is 1. The summed E-state index contributed by atoms with van der Waals surface area (Å²) in [4.78, 5) is 14.6. The summed E-state index contributed by atoms with van der Waals surface area (Å²) < 4.78 is 0.891. The lowest BCUT2D eigenvalue weighted by atomic mass is 10.1. The number of hydrogen-bond acceptors (Lipinski definition) is 6. The van der Waals surface area contributed by atoms with Gasteiger partial charge in [-0.25, -0.2) is 4.98 Å². The molecule has 0 saturated heterocycles. The summed E-state index contributed by atoms with van der Waals surface area (Å²) in [7, 11) is 0. The van der Waals surface area contributed by atoms with E-state index in [1.807, 2.05) is 30.3 Å². The van der Waals surface area contributed by atoms with Crippen LogP contribution in [0.4, 0.5) is 5.69 Å². The molecule has 6 nitrogen and oxygen atoms in total. The Morgan fingerprint density at radius 3 is 2.74 bits per heavy atom. The zero-order valence-electron chi connectivity index (χ0n) is 11.6. The van der Waals surface area contributed by atoms with Crippen LogP contribution in [0.2, 0.25) is 0 Å². The Hall–Kier alpha value is -3.24. The zero-order chi connectivity index (χ0) is 16.4. The first kappa shape index (κ1) is 14.7. The van der Waals surface area contributed by atoms with Gasteiger partial charge in [0.2, 0.25) is 0 Å². The predicted octanol–water partition coefficient (Wildman–Crippen LogP) is 4.15. The first-order chi connectivity index (χ1) is 11.1. The minimum absolute atomic E-state index is 0.00769. The van der Waals surface area contributed by atoms with Crippen molar-refractivity contribution in [3.8, 4) is 6.07 Å². The van der Waals surface area contributed by atoms with Gasteiger partial charge in [0.05, 0.1) is 15.1 Å². The third-order valence-corrected chi connectivity index (χ3v) is 4.24. The average Bonchev–Trinajstić information content (AvgIpc) is 2.99. The van der Waals surface area contributed by atoms with Crippen LogP contribution in [-0.4, -0.2) is 15.0 Å². The van der Waals surface area contributed by atoms with Crippen LogP contribution >= 0.6 is 11.3 Å². The van der Waals surface area contributed by atoms with Crippen molar-refractivity contribution in [3.63, 3.8) is 0 Å². The van der Waals surface area contributed by atoms with Crippen LogP contribution < -0.4 is 0 Å². The molecule has 0 aliphatic heterocycles. The van der Waals surface area contributed by atoms with Crippen molar-refractivity contribution in [2.45, 2.75) is 0 Å². The lowest BCUT2D eigenvalue weighted by Crippen LogP contribution is -1.93. The number of benzene rings is 2. The summed E-state index contributed by atoms with van der Waals surface area (Å²) in [6.45, 7) is 0. The maximum atomic E-state index is 10.8. The minimum atomic E-state index is -0.555. The Labute approximate surface area is 134 Å². The second-order valence-corrected chi connectivity index (χ2v) is 5.66. The molecule has 3 rings (SSSR count). The van der Waals surface area contributed by atoms with Gasteiger partial charge in [-0.2, -0.15) is 5.26 Å². The number of hydrogen-bond donors (Lipinski definition) is 1. The quantitative estimate of drug-likeness (QED) is 0.338. The molecule has 112 valence electrons. The number of thiazole rings is 1. The summed E-state index contributed by atoms with van der Waals surface area (Å²) in [6.07, 6.45) is 0. The Balaban J connectivity index is 2.14. The van der Waals surface area contributed by atoms with E-state index in [2.05, 4.69) is 4.98 Å². The van der Waals surface area contributed by atoms with E-state index in [0.29, 0.717) is 5.01 Å². The highest BCUT2D eigenvalue weighted by Crippen LogP contribution is 2.31. The van der Waals surface area contributed by atoms with Gasteiger partial charge in [0.1, 0.15) is 22.4 Å². The number of aliphatic hydroxyl groups excluding tert-OH is 1. The topological polar surface area (TPSA) is 100 Å². The fourth-order valence-corrected chi connectivity index (χ4v) is 3.05. The van der Waals surface area contributed by atoms with Crippen LogP contribution in [0.1, 0.15) is 10.6 Å². The molecule has 0 fully saturated rings. The number of fused-ring (bicyclic) bond motifs is 1. The maximum Gasteiger partial charge on any atom is 0.270 e. The largest absolute Gasteiger partial charge is 0.506 e. The standard InChI is InChI=1S/C16H9N3O3S/c17-9-12(16-18-13-6-1-2-7-14(13)23-16)15(20)10-4-3-5-11(8-10)19(21)22/h1-8,20H. The van der Waals surface area contributed by atoms with Gasteiger partial charge in [0.25, 0.3) is 5.69 Å². The molecular formula is C16H9N3O3S. The number of aromatic nitrogens is 1. The maximum absolute atomic E-state index is 10.8. The molecule has 7 heteroatoms.